The highest BCUT2D eigenvalue weighted by Crippen LogP contribution is 2.29. The Labute approximate surface area is 263 Å². The molecule has 0 spiro atoms. The lowest BCUT2D eigenvalue weighted by atomic mass is 9.96. The smallest absolute Gasteiger partial charge is 0.408 e. The summed E-state index contributed by atoms with van der Waals surface area (Å²) in [5.74, 6) is -4.93. The van der Waals surface area contributed by atoms with E-state index in [1.807, 2.05) is 0 Å². The van der Waals surface area contributed by atoms with Crippen LogP contribution in [0.1, 0.15) is 75.7 Å². The van der Waals surface area contributed by atoms with Crippen molar-refractivity contribution >= 4 is 41.8 Å². The summed E-state index contributed by atoms with van der Waals surface area (Å²) in [5.41, 5.74) is -0.791. The summed E-state index contributed by atoms with van der Waals surface area (Å²) in [6.45, 7) is 13.8. The molecule has 16 nitrogen and oxygen atoms in total. The number of amides is 3. The van der Waals surface area contributed by atoms with E-state index in [9.17, 15) is 33.6 Å². The fourth-order valence-corrected chi connectivity index (χ4v) is 4.60. The topological polar surface area (TPSA) is 202 Å². The lowest BCUT2D eigenvalue weighted by molar-refractivity contribution is -0.257. The fraction of sp³-hybridized carbons (Fsp3) is 0.759. The van der Waals surface area contributed by atoms with E-state index in [0.717, 1.165) is 27.7 Å². The zero-order valence-corrected chi connectivity index (χ0v) is 27.6. The summed E-state index contributed by atoms with van der Waals surface area (Å²) in [7, 11) is 0. The van der Waals surface area contributed by atoms with Crippen LogP contribution in [0.25, 0.3) is 0 Å². The van der Waals surface area contributed by atoms with E-state index < -0.39 is 103 Å². The number of carbonyl (C=O) groups excluding carboxylic acids is 7. The zero-order chi connectivity index (χ0) is 34.6. The van der Waals surface area contributed by atoms with Crippen LogP contribution in [0, 0.1) is 5.92 Å². The second kappa shape index (κ2) is 17.5. The molecule has 3 amide bonds. The molecule has 45 heavy (non-hydrogen) atoms. The number of nitrogens with one attached hydrogen (secondary N) is 2. The Bertz CT molecular complexity index is 1090. The van der Waals surface area contributed by atoms with Crippen LogP contribution in [0.4, 0.5) is 4.79 Å². The van der Waals surface area contributed by atoms with Crippen LogP contribution < -0.4 is 10.6 Å². The Kier molecular flexibility index (Phi) is 15.2. The number of hydrogen-bond donors (Lipinski definition) is 2. The first-order chi connectivity index (χ1) is 20.8. The summed E-state index contributed by atoms with van der Waals surface area (Å²) in [6, 6.07) is -1.11. The molecule has 16 heteroatoms. The van der Waals surface area contributed by atoms with Gasteiger partial charge in [-0.15, -0.1) is 0 Å². The second-order valence-corrected chi connectivity index (χ2v) is 11.8. The molecule has 0 aromatic carbocycles. The second-order valence-electron chi connectivity index (χ2n) is 11.8. The number of hydrogen-bond acceptors (Lipinski definition) is 13. The number of alkyl carbamates (subject to hydrolysis) is 1. The van der Waals surface area contributed by atoms with E-state index in [4.69, 9.17) is 28.4 Å². The molecular weight excluding hydrogens is 598 g/mol. The van der Waals surface area contributed by atoms with Crippen LogP contribution in [0.2, 0.25) is 0 Å². The maximum Gasteiger partial charge on any atom is 0.408 e. The van der Waals surface area contributed by atoms with Gasteiger partial charge in [0.2, 0.25) is 11.8 Å². The number of ether oxygens (including phenoxy) is 6. The Balaban J connectivity index is 3.45. The van der Waals surface area contributed by atoms with Gasteiger partial charge in [-0.25, -0.2) is 4.79 Å². The third-order valence-corrected chi connectivity index (χ3v) is 6.08. The molecule has 1 saturated heterocycles. The molecule has 1 aliphatic heterocycles. The number of rotatable bonds is 13. The van der Waals surface area contributed by atoms with Gasteiger partial charge in [-0.3, -0.25) is 28.8 Å². The average Bonchev–Trinajstić information content (AvgIpc) is 2.87. The number of nitrogens with zero attached hydrogens (tertiary/aromatic N) is 1. The third-order valence-electron chi connectivity index (χ3n) is 6.08. The van der Waals surface area contributed by atoms with Crippen LogP contribution in [0.5, 0.6) is 0 Å². The van der Waals surface area contributed by atoms with Crippen molar-refractivity contribution in [2.45, 2.75) is 118 Å². The van der Waals surface area contributed by atoms with Gasteiger partial charge in [0.25, 0.3) is 0 Å². The normalized spacial score (nSPS) is 21.9. The molecule has 6 atom stereocenters. The van der Waals surface area contributed by atoms with Crippen molar-refractivity contribution in [2.24, 2.45) is 5.92 Å². The molecule has 0 saturated carbocycles. The van der Waals surface area contributed by atoms with E-state index in [1.54, 1.807) is 41.5 Å². The van der Waals surface area contributed by atoms with Gasteiger partial charge in [0, 0.05) is 34.2 Å². The molecule has 0 aliphatic carbocycles. The van der Waals surface area contributed by atoms with E-state index in [0.29, 0.717) is 6.42 Å². The molecule has 2 N–H and O–H groups in total. The lowest BCUT2D eigenvalue weighted by Crippen LogP contribution is -2.67. The van der Waals surface area contributed by atoms with E-state index >= 15 is 0 Å². The minimum absolute atomic E-state index is 0.143. The fourth-order valence-electron chi connectivity index (χ4n) is 4.60. The van der Waals surface area contributed by atoms with Gasteiger partial charge in [-0.05, 0) is 33.1 Å². The third kappa shape index (κ3) is 13.3. The predicted molar refractivity (Wildman–Crippen MR) is 155 cm³/mol. The summed E-state index contributed by atoms with van der Waals surface area (Å²) in [5, 5.41) is 5.02. The quantitative estimate of drug-likeness (QED) is 0.212. The van der Waals surface area contributed by atoms with E-state index in [2.05, 4.69) is 10.6 Å². The zero-order valence-electron chi connectivity index (χ0n) is 27.6. The lowest BCUT2D eigenvalue weighted by Gasteiger charge is -2.45. The van der Waals surface area contributed by atoms with Crippen LogP contribution in [-0.2, 0) is 57.2 Å². The van der Waals surface area contributed by atoms with Crippen molar-refractivity contribution in [3.05, 3.63) is 0 Å². The summed E-state index contributed by atoms with van der Waals surface area (Å²) in [6.07, 6.45) is -7.55. The minimum Gasteiger partial charge on any atom is -0.463 e. The highest BCUT2D eigenvalue weighted by molar-refractivity contribution is 5.90. The van der Waals surface area contributed by atoms with E-state index in [1.165, 1.54) is 4.90 Å². The van der Waals surface area contributed by atoms with Crippen molar-refractivity contribution in [1.82, 2.24) is 15.5 Å². The van der Waals surface area contributed by atoms with Crippen molar-refractivity contribution in [2.75, 3.05) is 19.7 Å². The first-order valence-electron chi connectivity index (χ1n) is 14.6. The summed E-state index contributed by atoms with van der Waals surface area (Å²) < 4.78 is 32.4. The monoisotopic (exact) mass is 645 g/mol. The van der Waals surface area contributed by atoms with Crippen LogP contribution in [0.15, 0.2) is 0 Å². The standard InChI is InChI=1S/C29H47N3O13/c1-11-12-32(21(37)13-30-28(39)45-29(8,9)10)22(15(2)3)26(38)31-27-25(43-19(7)36)24(42-18(6)35)23(41-17(5)34)20(44-27)14-40-16(4)33/h15,20,22-25,27H,11-14H2,1-10H3,(H,30,39)(H,31,38)/t20-,22?,23-,24+,25-,27-/m1/s1. The van der Waals surface area contributed by atoms with Gasteiger partial charge in [0.05, 0.1) is 0 Å². The van der Waals surface area contributed by atoms with Crippen LogP contribution in [0.3, 0.4) is 0 Å². The highest BCUT2D eigenvalue weighted by Gasteiger charge is 2.53. The van der Waals surface area contributed by atoms with Crippen molar-refractivity contribution in [1.29, 1.82) is 0 Å². The molecule has 0 aromatic heterocycles. The molecule has 1 rings (SSSR count). The molecule has 1 fully saturated rings. The van der Waals surface area contributed by atoms with Gasteiger partial charge in [-0.2, -0.15) is 0 Å². The number of carbonyl (C=O) groups is 7. The van der Waals surface area contributed by atoms with Crippen LogP contribution >= 0.6 is 0 Å². The maximum atomic E-state index is 13.9. The van der Waals surface area contributed by atoms with Crippen molar-refractivity contribution in [3.63, 3.8) is 0 Å². The first kappa shape index (κ1) is 39.1. The highest BCUT2D eigenvalue weighted by atomic mass is 16.7. The van der Waals surface area contributed by atoms with Gasteiger partial charge < -0.3 is 44.0 Å². The van der Waals surface area contributed by atoms with Gasteiger partial charge >= 0.3 is 30.0 Å². The average molecular weight is 646 g/mol. The first-order valence-corrected chi connectivity index (χ1v) is 14.6. The number of esters is 4. The van der Waals surface area contributed by atoms with Gasteiger partial charge in [0.1, 0.15) is 30.9 Å². The molecule has 1 unspecified atom stereocenters. The van der Waals surface area contributed by atoms with E-state index in [-0.39, 0.29) is 6.54 Å². The Hall–Kier alpha value is -3.95. The maximum absolute atomic E-state index is 13.9. The molecule has 1 aliphatic rings. The SMILES string of the molecule is CCCN(C(=O)CNC(=O)OC(C)(C)C)C(C(=O)N[C@@H]1O[C@H](COC(C)=O)[C@@H](OC(C)=O)[C@H](OC(C)=O)[C@H]1OC(C)=O)C(C)C. The molecule has 1 heterocycles. The molecule has 0 radical (unpaired) electrons. The van der Waals surface area contributed by atoms with Crippen LogP contribution in [-0.4, -0.2) is 109 Å². The molecule has 0 bridgehead atoms. The predicted octanol–water partition coefficient (Wildman–Crippen LogP) is 0.974. The van der Waals surface area contributed by atoms with Gasteiger partial charge in [0.15, 0.2) is 24.5 Å². The van der Waals surface area contributed by atoms with Crippen molar-refractivity contribution in [3.8, 4) is 0 Å². The molecule has 0 aromatic rings. The Morgan fingerprint density at radius 1 is 0.822 bits per heavy atom. The Morgan fingerprint density at radius 2 is 1.36 bits per heavy atom. The Morgan fingerprint density at radius 3 is 1.82 bits per heavy atom. The molecule has 256 valence electrons. The molecular formula is C29H47N3O13. The van der Waals surface area contributed by atoms with Gasteiger partial charge in [-0.1, -0.05) is 20.8 Å². The summed E-state index contributed by atoms with van der Waals surface area (Å²) in [4.78, 5) is 88.4. The minimum atomic E-state index is -1.52. The summed E-state index contributed by atoms with van der Waals surface area (Å²) >= 11 is 0. The largest absolute Gasteiger partial charge is 0.463 e. The van der Waals surface area contributed by atoms with Crippen molar-refractivity contribution < 1.29 is 62.0 Å².